The summed E-state index contributed by atoms with van der Waals surface area (Å²) in [6.45, 7) is 0.235. The van der Waals surface area contributed by atoms with Crippen LogP contribution in [0.5, 0.6) is 0 Å². The van der Waals surface area contributed by atoms with Crippen LogP contribution in [0.4, 0.5) is 5.69 Å². The molecule has 0 fully saturated rings. The first-order valence-corrected chi connectivity index (χ1v) is 7.54. The van der Waals surface area contributed by atoms with Crippen molar-refractivity contribution >= 4 is 34.8 Å². The van der Waals surface area contributed by atoms with E-state index in [9.17, 15) is 14.4 Å². The molecule has 0 aliphatic carbocycles. The van der Waals surface area contributed by atoms with Gasteiger partial charge in [0.15, 0.2) is 0 Å². The van der Waals surface area contributed by atoms with Crippen LogP contribution in [-0.2, 0) is 4.79 Å². The molecular weight excluding hydrogens is 306 g/mol. The molecule has 1 atom stereocenters. The van der Waals surface area contributed by atoms with Crippen molar-refractivity contribution in [3.8, 4) is 0 Å². The molecule has 2 aromatic rings. The predicted octanol–water partition coefficient (Wildman–Crippen LogP) is 1.56. The first-order valence-electron chi connectivity index (χ1n) is 6.60. The summed E-state index contributed by atoms with van der Waals surface area (Å²) < 4.78 is 1.56. The van der Waals surface area contributed by atoms with Crippen molar-refractivity contribution in [2.24, 2.45) is 0 Å². The molecule has 2 amide bonds. The summed E-state index contributed by atoms with van der Waals surface area (Å²) in [5.41, 5.74) is 1.31. The zero-order valence-electron chi connectivity index (χ0n) is 11.4. The maximum absolute atomic E-state index is 12.2. The Morgan fingerprint density at radius 3 is 3.00 bits per heavy atom. The maximum atomic E-state index is 12.2. The van der Waals surface area contributed by atoms with Gasteiger partial charge in [-0.05, 0) is 17.5 Å². The van der Waals surface area contributed by atoms with Crippen LogP contribution in [0.2, 0.25) is 0 Å². The highest BCUT2D eigenvalue weighted by Crippen LogP contribution is 2.23. The van der Waals surface area contributed by atoms with Crippen LogP contribution in [0.3, 0.4) is 0 Å². The van der Waals surface area contributed by atoms with Crippen LogP contribution in [0.25, 0.3) is 0 Å². The number of amides is 2. The molecule has 3 N–H and O–H groups in total. The molecule has 0 saturated carbocycles. The quantitative estimate of drug-likeness (QED) is 0.796. The Bertz CT molecular complexity index is 735. The smallest absolute Gasteiger partial charge is 0.305 e. The van der Waals surface area contributed by atoms with E-state index in [4.69, 9.17) is 5.11 Å². The molecule has 1 aliphatic rings. The fraction of sp³-hybridized carbons (Fsp3) is 0.214. The molecule has 1 aliphatic heterocycles. The number of hydrogen-bond acceptors (Lipinski definition) is 4. The van der Waals surface area contributed by atoms with Crippen LogP contribution < -0.4 is 10.6 Å². The minimum absolute atomic E-state index is 0.118. The van der Waals surface area contributed by atoms with Gasteiger partial charge >= 0.3 is 5.97 Å². The summed E-state index contributed by atoms with van der Waals surface area (Å²) in [4.78, 5) is 35.0. The number of fused-ring (bicyclic) bond motifs is 1. The molecule has 3 heterocycles. The van der Waals surface area contributed by atoms with Crippen LogP contribution >= 0.6 is 11.3 Å². The Balaban J connectivity index is 1.87. The third-order valence-electron chi connectivity index (χ3n) is 3.42. The number of nitrogens with one attached hydrogen (secondary N) is 2. The molecule has 0 saturated heterocycles. The molecule has 1 unspecified atom stereocenters. The van der Waals surface area contributed by atoms with Gasteiger partial charge in [-0.25, -0.2) is 0 Å². The van der Waals surface area contributed by atoms with Crippen molar-refractivity contribution in [3.63, 3.8) is 0 Å². The summed E-state index contributed by atoms with van der Waals surface area (Å²) in [6, 6.07) is 2.86. The number of nitrogens with zero attached hydrogens (tertiary/aromatic N) is 1. The Labute approximate surface area is 129 Å². The minimum atomic E-state index is -0.954. The van der Waals surface area contributed by atoms with Crippen molar-refractivity contribution in [1.29, 1.82) is 0 Å². The van der Waals surface area contributed by atoms with Crippen LogP contribution in [-0.4, -0.2) is 34.0 Å². The maximum Gasteiger partial charge on any atom is 0.305 e. The highest BCUT2D eigenvalue weighted by atomic mass is 32.1. The van der Waals surface area contributed by atoms with E-state index in [2.05, 4.69) is 10.6 Å². The lowest BCUT2D eigenvalue weighted by Gasteiger charge is -2.24. The minimum Gasteiger partial charge on any atom is -0.481 e. The summed E-state index contributed by atoms with van der Waals surface area (Å²) in [6.07, 6.45) is 1.41. The fourth-order valence-corrected chi connectivity index (χ4v) is 2.99. The van der Waals surface area contributed by atoms with Gasteiger partial charge in [-0.3, -0.25) is 14.4 Å². The van der Waals surface area contributed by atoms with Crippen molar-refractivity contribution in [1.82, 2.24) is 9.88 Å². The number of aromatic nitrogens is 1. The SMILES string of the molecule is O=C(O)CC1CNC(=O)c2cc(C(=O)Nc3ccsc3)cn21. The van der Waals surface area contributed by atoms with Gasteiger partial charge in [-0.2, -0.15) is 11.3 Å². The Hall–Kier alpha value is -2.61. The normalized spacial score (nSPS) is 16.7. The van der Waals surface area contributed by atoms with E-state index in [0.717, 1.165) is 0 Å². The van der Waals surface area contributed by atoms with Crippen molar-refractivity contribution in [3.05, 3.63) is 40.3 Å². The van der Waals surface area contributed by atoms with Crippen LogP contribution in [0, 0.1) is 0 Å². The van der Waals surface area contributed by atoms with E-state index in [1.165, 1.54) is 23.6 Å². The van der Waals surface area contributed by atoms with Gasteiger partial charge < -0.3 is 20.3 Å². The van der Waals surface area contributed by atoms with E-state index in [1.807, 2.05) is 5.38 Å². The number of rotatable bonds is 4. The molecule has 3 rings (SSSR count). The third kappa shape index (κ3) is 2.73. The first-order chi connectivity index (χ1) is 10.5. The van der Waals surface area contributed by atoms with Gasteiger partial charge in [0.05, 0.1) is 23.7 Å². The summed E-state index contributed by atoms with van der Waals surface area (Å²) in [7, 11) is 0. The molecule has 0 bridgehead atoms. The van der Waals surface area contributed by atoms with Gasteiger partial charge in [0.25, 0.3) is 11.8 Å². The highest BCUT2D eigenvalue weighted by Gasteiger charge is 2.28. The Morgan fingerprint density at radius 1 is 1.50 bits per heavy atom. The van der Waals surface area contributed by atoms with Gasteiger partial charge in [0.2, 0.25) is 0 Å². The lowest BCUT2D eigenvalue weighted by atomic mass is 10.1. The molecule has 114 valence electrons. The number of carboxylic acid groups (broad SMARTS) is 1. The largest absolute Gasteiger partial charge is 0.481 e. The van der Waals surface area contributed by atoms with Crippen LogP contribution in [0.1, 0.15) is 33.3 Å². The topological polar surface area (TPSA) is 100 Å². The first kappa shape index (κ1) is 14.3. The fourth-order valence-electron chi connectivity index (χ4n) is 2.40. The van der Waals surface area contributed by atoms with Crippen molar-refractivity contribution < 1.29 is 19.5 Å². The number of anilines is 1. The second-order valence-electron chi connectivity index (χ2n) is 4.95. The lowest BCUT2D eigenvalue weighted by molar-refractivity contribution is -0.137. The molecule has 0 aromatic carbocycles. The molecule has 7 nitrogen and oxygen atoms in total. The Kier molecular flexibility index (Phi) is 3.68. The van der Waals surface area contributed by atoms with E-state index in [1.54, 1.807) is 16.0 Å². The monoisotopic (exact) mass is 319 g/mol. The van der Waals surface area contributed by atoms with Gasteiger partial charge in [-0.15, -0.1) is 0 Å². The Morgan fingerprint density at radius 2 is 2.32 bits per heavy atom. The number of carbonyl (C=O) groups excluding carboxylic acids is 2. The molecule has 8 heteroatoms. The summed E-state index contributed by atoms with van der Waals surface area (Å²) in [5, 5.41) is 17.9. The molecular formula is C14H13N3O4S. The van der Waals surface area contributed by atoms with E-state index >= 15 is 0 Å². The number of aliphatic carboxylic acids is 1. The summed E-state index contributed by atoms with van der Waals surface area (Å²) >= 11 is 1.46. The van der Waals surface area contributed by atoms with E-state index < -0.39 is 12.0 Å². The average Bonchev–Trinajstić information content (AvgIpc) is 3.10. The second-order valence-corrected chi connectivity index (χ2v) is 5.73. The standard InChI is InChI=1S/C14H13N3O4S/c18-12(19)4-10-5-15-14(21)11-3-8(6-17(10)11)13(20)16-9-1-2-22-7-9/h1-3,6-7,10H,4-5H2,(H,15,21)(H,16,20)(H,18,19). The van der Waals surface area contributed by atoms with Gasteiger partial charge in [0, 0.05) is 18.1 Å². The molecule has 0 radical (unpaired) electrons. The van der Waals surface area contributed by atoms with E-state index in [0.29, 0.717) is 16.9 Å². The van der Waals surface area contributed by atoms with Crippen molar-refractivity contribution in [2.45, 2.75) is 12.5 Å². The predicted molar refractivity (Wildman–Crippen MR) is 80.3 cm³/mol. The molecule has 0 spiro atoms. The number of hydrogen-bond donors (Lipinski definition) is 3. The zero-order valence-corrected chi connectivity index (χ0v) is 12.2. The average molecular weight is 319 g/mol. The second kappa shape index (κ2) is 5.64. The number of carbonyl (C=O) groups is 3. The highest BCUT2D eigenvalue weighted by molar-refractivity contribution is 7.08. The number of carboxylic acids is 1. The van der Waals surface area contributed by atoms with Crippen molar-refractivity contribution in [2.75, 3.05) is 11.9 Å². The lowest BCUT2D eigenvalue weighted by Crippen LogP contribution is -2.39. The number of thiophene rings is 1. The summed E-state index contributed by atoms with van der Waals surface area (Å²) in [5.74, 6) is -1.59. The molecule has 22 heavy (non-hydrogen) atoms. The van der Waals surface area contributed by atoms with Gasteiger partial charge in [-0.1, -0.05) is 0 Å². The van der Waals surface area contributed by atoms with Crippen LogP contribution in [0.15, 0.2) is 29.1 Å². The third-order valence-corrected chi connectivity index (χ3v) is 4.11. The zero-order chi connectivity index (χ0) is 15.7. The van der Waals surface area contributed by atoms with Gasteiger partial charge in [0.1, 0.15) is 5.69 Å². The van der Waals surface area contributed by atoms with E-state index in [-0.39, 0.29) is 24.8 Å². The molecule has 2 aromatic heterocycles.